The third-order valence-corrected chi connectivity index (χ3v) is 7.54. The molecular formula is C28H29N5O3S. The summed E-state index contributed by atoms with van der Waals surface area (Å²) in [5.41, 5.74) is 7.45. The highest BCUT2D eigenvalue weighted by atomic mass is 32.1. The van der Waals surface area contributed by atoms with Crippen LogP contribution < -0.4 is 15.1 Å². The SMILES string of the molecule is Cc1ccc(N2C(=O)/C(=C/c3cc(C)n(-c4ccc(N5CCCC5)c([N+](=O)[O-])c4)c3C)NC2=S)cc1C. The van der Waals surface area contributed by atoms with Gasteiger partial charge in [-0.05, 0) is 106 Å². The summed E-state index contributed by atoms with van der Waals surface area (Å²) >= 11 is 5.49. The molecule has 2 fully saturated rings. The van der Waals surface area contributed by atoms with Gasteiger partial charge in [-0.2, -0.15) is 0 Å². The van der Waals surface area contributed by atoms with Gasteiger partial charge in [-0.3, -0.25) is 19.8 Å². The molecule has 2 saturated heterocycles. The highest BCUT2D eigenvalue weighted by molar-refractivity contribution is 7.80. The van der Waals surface area contributed by atoms with E-state index in [1.165, 1.54) is 4.90 Å². The van der Waals surface area contributed by atoms with Crippen molar-refractivity contribution in [1.29, 1.82) is 0 Å². The molecule has 0 spiro atoms. The third-order valence-electron chi connectivity index (χ3n) is 7.26. The number of nitrogens with zero attached hydrogens (tertiary/aromatic N) is 4. The van der Waals surface area contributed by atoms with Gasteiger partial charge in [0.15, 0.2) is 5.11 Å². The van der Waals surface area contributed by atoms with Crippen molar-refractivity contribution >= 4 is 46.4 Å². The fraction of sp³-hybridized carbons (Fsp3) is 0.286. The quantitative estimate of drug-likeness (QED) is 0.210. The molecule has 0 saturated carbocycles. The number of benzene rings is 2. The van der Waals surface area contributed by atoms with Crippen LogP contribution in [0.25, 0.3) is 11.8 Å². The summed E-state index contributed by atoms with van der Waals surface area (Å²) in [6, 6.07) is 13.2. The lowest BCUT2D eigenvalue weighted by atomic mass is 10.1. The Morgan fingerprint density at radius 2 is 1.68 bits per heavy atom. The molecule has 0 unspecified atom stereocenters. The van der Waals surface area contributed by atoms with E-state index in [9.17, 15) is 14.9 Å². The van der Waals surface area contributed by atoms with Gasteiger partial charge < -0.3 is 14.8 Å². The number of rotatable bonds is 5. The van der Waals surface area contributed by atoms with Crippen LogP contribution in [0.15, 0.2) is 48.2 Å². The highest BCUT2D eigenvalue weighted by Crippen LogP contribution is 2.34. The number of aromatic nitrogens is 1. The fourth-order valence-corrected chi connectivity index (χ4v) is 5.44. The molecule has 0 bridgehead atoms. The number of aryl methyl sites for hydroxylation is 3. The van der Waals surface area contributed by atoms with E-state index in [0.29, 0.717) is 22.2 Å². The monoisotopic (exact) mass is 515 g/mol. The van der Waals surface area contributed by atoms with Gasteiger partial charge in [0.1, 0.15) is 11.4 Å². The van der Waals surface area contributed by atoms with E-state index in [-0.39, 0.29) is 16.5 Å². The van der Waals surface area contributed by atoms with Gasteiger partial charge in [0.2, 0.25) is 0 Å². The number of amides is 1. The molecule has 37 heavy (non-hydrogen) atoms. The maximum absolute atomic E-state index is 13.3. The van der Waals surface area contributed by atoms with E-state index in [1.54, 1.807) is 12.1 Å². The average Bonchev–Trinajstić information content (AvgIpc) is 3.55. The molecular weight excluding hydrogens is 486 g/mol. The summed E-state index contributed by atoms with van der Waals surface area (Å²) in [6.45, 7) is 9.59. The molecule has 5 rings (SSSR count). The fourth-order valence-electron chi connectivity index (χ4n) is 5.14. The predicted octanol–water partition coefficient (Wildman–Crippen LogP) is 5.48. The van der Waals surface area contributed by atoms with Crippen LogP contribution in [-0.4, -0.2) is 33.6 Å². The average molecular weight is 516 g/mol. The maximum atomic E-state index is 13.3. The Morgan fingerprint density at radius 3 is 2.35 bits per heavy atom. The number of thiocarbonyl (C=S) groups is 1. The van der Waals surface area contributed by atoms with Gasteiger partial charge in [0.25, 0.3) is 11.6 Å². The van der Waals surface area contributed by atoms with E-state index in [1.807, 2.05) is 68.7 Å². The first-order chi connectivity index (χ1) is 17.7. The van der Waals surface area contributed by atoms with Crippen LogP contribution in [0, 0.1) is 37.8 Å². The standard InChI is InChI=1S/C28H29N5O3S/c1-17-7-8-22(13-18(17)2)32-27(34)24(29-28(32)37)15-21-14-19(3)31(20(21)4)23-9-10-25(26(16-23)33(35)36)30-11-5-6-12-30/h7-10,13-16H,5-6,11-12H2,1-4H3,(H,29,37)/b24-15-. The Balaban J connectivity index is 1.49. The van der Waals surface area contributed by atoms with E-state index in [4.69, 9.17) is 12.2 Å². The Kier molecular flexibility index (Phi) is 6.33. The van der Waals surface area contributed by atoms with Crippen LogP contribution in [0.1, 0.15) is 40.9 Å². The first kappa shape index (κ1) is 24.7. The van der Waals surface area contributed by atoms with Gasteiger partial charge in [-0.25, -0.2) is 0 Å². The van der Waals surface area contributed by atoms with Crippen LogP contribution in [0.5, 0.6) is 0 Å². The van der Waals surface area contributed by atoms with E-state index >= 15 is 0 Å². The molecule has 1 N–H and O–H groups in total. The van der Waals surface area contributed by atoms with Crippen LogP contribution in [0.3, 0.4) is 0 Å². The van der Waals surface area contributed by atoms with Gasteiger partial charge in [0, 0.05) is 30.5 Å². The van der Waals surface area contributed by atoms with Crippen molar-refractivity contribution in [3.05, 3.63) is 86.4 Å². The highest BCUT2D eigenvalue weighted by Gasteiger charge is 2.32. The van der Waals surface area contributed by atoms with Crippen molar-refractivity contribution in [2.75, 3.05) is 22.9 Å². The summed E-state index contributed by atoms with van der Waals surface area (Å²) in [6.07, 6.45) is 3.88. The normalized spacial score (nSPS) is 16.7. The minimum absolute atomic E-state index is 0.105. The Hall–Kier alpha value is -3.98. The maximum Gasteiger partial charge on any atom is 0.294 e. The second-order valence-electron chi connectivity index (χ2n) is 9.68. The van der Waals surface area contributed by atoms with Gasteiger partial charge in [-0.15, -0.1) is 0 Å². The van der Waals surface area contributed by atoms with Gasteiger partial charge in [0.05, 0.1) is 16.3 Å². The minimum atomic E-state index is -0.308. The van der Waals surface area contributed by atoms with E-state index in [2.05, 4.69) is 10.2 Å². The lowest BCUT2D eigenvalue weighted by Crippen LogP contribution is -2.30. The van der Waals surface area contributed by atoms with Crippen molar-refractivity contribution in [2.24, 2.45) is 0 Å². The minimum Gasteiger partial charge on any atom is -0.366 e. The molecule has 9 heteroatoms. The predicted molar refractivity (Wildman–Crippen MR) is 150 cm³/mol. The smallest absolute Gasteiger partial charge is 0.294 e. The molecule has 3 heterocycles. The van der Waals surface area contributed by atoms with Gasteiger partial charge >= 0.3 is 0 Å². The molecule has 2 aromatic carbocycles. The van der Waals surface area contributed by atoms with E-state index < -0.39 is 0 Å². The number of hydrogen-bond donors (Lipinski definition) is 1. The number of nitrogens with one attached hydrogen (secondary N) is 1. The molecule has 0 radical (unpaired) electrons. The second kappa shape index (κ2) is 9.48. The summed E-state index contributed by atoms with van der Waals surface area (Å²) in [5, 5.41) is 15.3. The van der Waals surface area contributed by atoms with Crippen LogP contribution in [-0.2, 0) is 4.79 Å². The van der Waals surface area contributed by atoms with Crippen molar-refractivity contribution in [2.45, 2.75) is 40.5 Å². The molecule has 1 amide bonds. The topological polar surface area (TPSA) is 83.7 Å². The number of hydrogen-bond acceptors (Lipinski definition) is 5. The molecule has 2 aliphatic heterocycles. The summed E-state index contributed by atoms with van der Waals surface area (Å²) in [7, 11) is 0. The molecule has 8 nitrogen and oxygen atoms in total. The first-order valence-corrected chi connectivity index (χ1v) is 12.7. The summed E-state index contributed by atoms with van der Waals surface area (Å²) in [4.78, 5) is 28.5. The molecule has 2 aliphatic rings. The zero-order valence-corrected chi connectivity index (χ0v) is 22.2. The Morgan fingerprint density at radius 1 is 0.973 bits per heavy atom. The number of nitro benzene ring substituents is 1. The third kappa shape index (κ3) is 4.40. The second-order valence-corrected chi connectivity index (χ2v) is 10.1. The lowest BCUT2D eigenvalue weighted by molar-refractivity contribution is -0.384. The molecule has 0 aliphatic carbocycles. The van der Waals surface area contributed by atoms with E-state index in [0.717, 1.165) is 59.7 Å². The van der Waals surface area contributed by atoms with Crippen molar-refractivity contribution in [1.82, 2.24) is 9.88 Å². The van der Waals surface area contributed by atoms with Crippen LogP contribution >= 0.6 is 12.2 Å². The molecule has 190 valence electrons. The number of anilines is 2. The van der Waals surface area contributed by atoms with Crippen molar-refractivity contribution in [3.8, 4) is 5.69 Å². The Labute approximate surface area is 221 Å². The van der Waals surface area contributed by atoms with Crippen LogP contribution in [0.4, 0.5) is 17.1 Å². The van der Waals surface area contributed by atoms with Crippen molar-refractivity contribution < 1.29 is 9.72 Å². The zero-order chi connectivity index (χ0) is 26.4. The Bertz CT molecular complexity index is 1480. The molecule has 0 atom stereocenters. The first-order valence-electron chi connectivity index (χ1n) is 12.3. The summed E-state index contributed by atoms with van der Waals surface area (Å²) in [5.74, 6) is -0.219. The number of nitro groups is 1. The van der Waals surface area contributed by atoms with Gasteiger partial charge in [-0.1, -0.05) is 6.07 Å². The largest absolute Gasteiger partial charge is 0.366 e. The molecule has 3 aromatic rings. The molecule has 1 aromatic heterocycles. The number of carbonyl (C=O) groups is 1. The zero-order valence-electron chi connectivity index (χ0n) is 21.4. The summed E-state index contributed by atoms with van der Waals surface area (Å²) < 4.78 is 1.98. The lowest BCUT2D eigenvalue weighted by Gasteiger charge is -2.19. The van der Waals surface area contributed by atoms with Crippen LogP contribution in [0.2, 0.25) is 0 Å². The number of carbonyl (C=O) groups excluding carboxylic acids is 1. The van der Waals surface area contributed by atoms with Crippen molar-refractivity contribution in [3.63, 3.8) is 0 Å².